The van der Waals surface area contributed by atoms with Crippen molar-refractivity contribution in [1.82, 2.24) is 15.0 Å². The SMILES string of the molecule is Cn1nnc(Br)c1C1CCCC(=O)C1. The van der Waals surface area contributed by atoms with Gasteiger partial charge >= 0.3 is 0 Å². The van der Waals surface area contributed by atoms with Crippen LogP contribution >= 0.6 is 15.9 Å². The van der Waals surface area contributed by atoms with Crippen molar-refractivity contribution in [3.8, 4) is 0 Å². The Balaban J connectivity index is 2.25. The Kier molecular flexibility index (Phi) is 2.67. The Morgan fingerprint density at radius 3 is 2.93 bits per heavy atom. The summed E-state index contributed by atoms with van der Waals surface area (Å²) in [6, 6.07) is 0. The summed E-state index contributed by atoms with van der Waals surface area (Å²) in [6.45, 7) is 0. The van der Waals surface area contributed by atoms with Crippen LogP contribution in [0.4, 0.5) is 0 Å². The molecule has 0 spiro atoms. The van der Waals surface area contributed by atoms with Crippen LogP contribution in [0.1, 0.15) is 37.3 Å². The second-order valence-electron chi connectivity index (χ2n) is 3.72. The summed E-state index contributed by atoms with van der Waals surface area (Å²) in [5.74, 6) is 0.653. The first-order valence-electron chi connectivity index (χ1n) is 4.75. The van der Waals surface area contributed by atoms with E-state index in [0.29, 0.717) is 18.1 Å². The van der Waals surface area contributed by atoms with Crippen LogP contribution in [0.3, 0.4) is 0 Å². The maximum Gasteiger partial charge on any atom is 0.151 e. The van der Waals surface area contributed by atoms with Gasteiger partial charge in [0.15, 0.2) is 4.60 Å². The zero-order valence-electron chi connectivity index (χ0n) is 8.03. The topological polar surface area (TPSA) is 47.8 Å². The normalized spacial score (nSPS) is 22.7. The fourth-order valence-corrected chi connectivity index (χ4v) is 2.68. The van der Waals surface area contributed by atoms with Crippen LogP contribution < -0.4 is 0 Å². The van der Waals surface area contributed by atoms with E-state index >= 15 is 0 Å². The second kappa shape index (κ2) is 3.81. The lowest BCUT2D eigenvalue weighted by Gasteiger charge is -2.20. The predicted molar refractivity (Wildman–Crippen MR) is 54.9 cm³/mol. The number of carbonyl (C=O) groups is 1. The summed E-state index contributed by atoms with van der Waals surface area (Å²) in [5, 5.41) is 7.86. The van der Waals surface area contributed by atoms with E-state index in [-0.39, 0.29) is 0 Å². The van der Waals surface area contributed by atoms with Gasteiger partial charge in [0.2, 0.25) is 0 Å². The minimum absolute atomic E-state index is 0.297. The van der Waals surface area contributed by atoms with E-state index in [0.717, 1.165) is 29.6 Å². The van der Waals surface area contributed by atoms with E-state index in [2.05, 4.69) is 26.2 Å². The summed E-state index contributed by atoms with van der Waals surface area (Å²) in [7, 11) is 1.87. The molecule has 1 aliphatic rings. The summed E-state index contributed by atoms with van der Waals surface area (Å²) < 4.78 is 2.53. The summed E-state index contributed by atoms with van der Waals surface area (Å²) in [5.41, 5.74) is 1.05. The van der Waals surface area contributed by atoms with Crippen molar-refractivity contribution in [1.29, 1.82) is 0 Å². The average Bonchev–Trinajstić information content (AvgIpc) is 2.46. The summed E-state index contributed by atoms with van der Waals surface area (Å²) in [4.78, 5) is 11.3. The van der Waals surface area contributed by atoms with Crippen LogP contribution in [-0.2, 0) is 11.8 Å². The fourth-order valence-electron chi connectivity index (χ4n) is 2.03. The van der Waals surface area contributed by atoms with Crippen LogP contribution in [0.15, 0.2) is 4.60 Å². The highest BCUT2D eigenvalue weighted by molar-refractivity contribution is 9.10. The van der Waals surface area contributed by atoms with Crippen molar-refractivity contribution in [2.24, 2.45) is 7.05 Å². The van der Waals surface area contributed by atoms with E-state index in [4.69, 9.17) is 0 Å². The maximum atomic E-state index is 11.3. The Bertz CT molecular complexity index is 341. The first kappa shape index (κ1) is 9.83. The Morgan fingerprint density at radius 2 is 2.36 bits per heavy atom. The van der Waals surface area contributed by atoms with Crippen LogP contribution in [0.25, 0.3) is 0 Å². The molecule has 1 atom stereocenters. The van der Waals surface area contributed by atoms with Crippen molar-refractivity contribution in [3.05, 3.63) is 10.3 Å². The van der Waals surface area contributed by atoms with E-state index in [9.17, 15) is 4.79 Å². The standard InChI is InChI=1S/C9H12BrN3O/c1-13-8(9(10)11-12-13)6-3-2-4-7(14)5-6/h6H,2-5H2,1H3. The van der Waals surface area contributed by atoms with Gasteiger partial charge in [-0.15, -0.1) is 5.10 Å². The second-order valence-corrected chi connectivity index (χ2v) is 4.47. The third kappa shape index (κ3) is 1.73. The molecule has 1 unspecified atom stereocenters. The zero-order chi connectivity index (χ0) is 10.1. The van der Waals surface area contributed by atoms with E-state index in [1.165, 1.54) is 0 Å². The molecule has 1 fully saturated rings. The molecular weight excluding hydrogens is 246 g/mol. The molecule has 0 radical (unpaired) electrons. The quantitative estimate of drug-likeness (QED) is 0.771. The lowest BCUT2D eigenvalue weighted by atomic mass is 9.86. The molecule has 0 amide bonds. The predicted octanol–water partition coefficient (Wildman–Crippen LogP) is 1.80. The van der Waals surface area contributed by atoms with Crippen LogP contribution in [0, 0.1) is 0 Å². The van der Waals surface area contributed by atoms with Gasteiger partial charge in [-0.25, -0.2) is 0 Å². The van der Waals surface area contributed by atoms with Crippen molar-refractivity contribution in [2.45, 2.75) is 31.6 Å². The summed E-state index contributed by atoms with van der Waals surface area (Å²) >= 11 is 3.37. The molecule has 76 valence electrons. The lowest BCUT2D eigenvalue weighted by Crippen LogP contribution is -2.16. The highest BCUT2D eigenvalue weighted by atomic mass is 79.9. The number of aryl methyl sites for hydroxylation is 1. The monoisotopic (exact) mass is 257 g/mol. The molecule has 1 aliphatic carbocycles. The minimum atomic E-state index is 0.297. The van der Waals surface area contributed by atoms with Gasteiger partial charge in [0.1, 0.15) is 5.78 Å². The van der Waals surface area contributed by atoms with Gasteiger partial charge in [0.05, 0.1) is 5.69 Å². The molecule has 1 saturated carbocycles. The number of halogens is 1. The van der Waals surface area contributed by atoms with Crippen molar-refractivity contribution >= 4 is 21.7 Å². The van der Waals surface area contributed by atoms with Gasteiger partial charge in [0, 0.05) is 25.8 Å². The van der Waals surface area contributed by atoms with Crippen LogP contribution in [0.5, 0.6) is 0 Å². The van der Waals surface area contributed by atoms with Crippen LogP contribution in [0.2, 0.25) is 0 Å². The van der Waals surface area contributed by atoms with E-state index in [1.807, 2.05) is 7.05 Å². The molecule has 0 aliphatic heterocycles. The van der Waals surface area contributed by atoms with Gasteiger partial charge in [-0.1, -0.05) is 5.21 Å². The number of hydrogen-bond acceptors (Lipinski definition) is 3. The van der Waals surface area contributed by atoms with Gasteiger partial charge in [-0.2, -0.15) is 0 Å². The molecule has 4 nitrogen and oxygen atoms in total. The van der Waals surface area contributed by atoms with E-state index in [1.54, 1.807) is 4.68 Å². The van der Waals surface area contributed by atoms with E-state index < -0.39 is 0 Å². The molecule has 1 aromatic heterocycles. The molecule has 0 aromatic carbocycles. The highest BCUT2D eigenvalue weighted by Crippen LogP contribution is 2.33. The molecular formula is C9H12BrN3O. The molecule has 2 rings (SSSR count). The fraction of sp³-hybridized carbons (Fsp3) is 0.667. The minimum Gasteiger partial charge on any atom is -0.300 e. The molecule has 1 heterocycles. The number of rotatable bonds is 1. The zero-order valence-corrected chi connectivity index (χ0v) is 9.62. The number of ketones is 1. The van der Waals surface area contributed by atoms with Crippen molar-refractivity contribution < 1.29 is 4.79 Å². The number of hydrogen-bond donors (Lipinski definition) is 0. The molecule has 0 bridgehead atoms. The van der Waals surface area contributed by atoms with Gasteiger partial charge < -0.3 is 0 Å². The van der Waals surface area contributed by atoms with Gasteiger partial charge in [0.25, 0.3) is 0 Å². The van der Waals surface area contributed by atoms with Crippen LogP contribution in [-0.4, -0.2) is 20.8 Å². The number of carbonyl (C=O) groups excluding carboxylic acids is 1. The first-order chi connectivity index (χ1) is 6.68. The third-order valence-corrected chi connectivity index (χ3v) is 3.26. The highest BCUT2D eigenvalue weighted by Gasteiger charge is 2.25. The Hall–Kier alpha value is -0.710. The Labute approximate surface area is 90.8 Å². The molecule has 0 saturated heterocycles. The van der Waals surface area contributed by atoms with Gasteiger partial charge in [-0.05, 0) is 28.8 Å². The molecule has 14 heavy (non-hydrogen) atoms. The number of aromatic nitrogens is 3. The summed E-state index contributed by atoms with van der Waals surface area (Å²) in [6.07, 6.45) is 3.42. The van der Waals surface area contributed by atoms with Crippen molar-refractivity contribution in [2.75, 3.05) is 0 Å². The maximum absolute atomic E-state index is 11.3. The number of Topliss-reactive ketones (excluding diaryl/α,β-unsaturated/α-hetero) is 1. The first-order valence-corrected chi connectivity index (χ1v) is 5.54. The Morgan fingerprint density at radius 1 is 1.57 bits per heavy atom. The average molecular weight is 258 g/mol. The molecule has 5 heteroatoms. The molecule has 1 aromatic rings. The number of nitrogens with zero attached hydrogens (tertiary/aromatic N) is 3. The van der Waals surface area contributed by atoms with Gasteiger partial charge in [-0.3, -0.25) is 9.48 Å². The molecule has 0 N–H and O–H groups in total. The smallest absolute Gasteiger partial charge is 0.151 e. The largest absolute Gasteiger partial charge is 0.300 e. The van der Waals surface area contributed by atoms with Crippen molar-refractivity contribution in [3.63, 3.8) is 0 Å². The lowest BCUT2D eigenvalue weighted by molar-refractivity contribution is -0.120. The third-order valence-electron chi connectivity index (χ3n) is 2.70.